The quantitative estimate of drug-likeness (QED) is 0.264. The van der Waals surface area contributed by atoms with Crippen molar-refractivity contribution in [3.05, 3.63) is 79.5 Å². The number of ether oxygens (including phenoxy) is 2. The topological polar surface area (TPSA) is 91.6 Å². The summed E-state index contributed by atoms with van der Waals surface area (Å²) >= 11 is 1.13. The van der Waals surface area contributed by atoms with E-state index in [0.29, 0.717) is 17.1 Å². The molecule has 0 radical (unpaired) electrons. The lowest BCUT2D eigenvalue weighted by atomic mass is 10.1. The fraction of sp³-hybridized carbons (Fsp3) is 0.158. The van der Waals surface area contributed by atoms with Crippen LogP contribution in [0.1, 0.15) is 25.9 Å². The molecule has 0 saturated carbocycles. The van der Waals surface area contributed by atoms with E-state index in [0.717, 1.165) is 16.9 Å². The van der Waals surface area contributed by atoms with Crippen molar-refractivity contribution < 1.29 is 23.6 Å². The summed E-state index contributed by atoms with van der Waals surface area (Å²) < 4.78 is 23.2. The minimum absolute atomic E-state index is 0.177. The van der Waals surface area contributed by atoms with E-state index < -0.39 is 10.9 Å². The van der Waals surface area contributed by atoms with Crippen molar-refractivity contribution in [1.82, 2.24) is 4.98 Å². The molecule has 0 aliphatic carbocycles. The predicted octanol–water partition coefficient (Wildman–Crippen LogP) is 4.32. The largest absolute Gasteiger partial charge is 0.496 e. The van der Waals surface area contributed by atoms with Crippen LogP contribution in [0, 0.1) is 22.9 Å². The maximum absolute atomic E-state index is 13.0. The van der Waals surface area contributed by atoms with Crippen LogP contribution in [0.5, 0.6) is 11.5 Å². The van der Waals surface area contributed by atoms with Crippen LogP contribution in [-0.4, -0.2) is 23.0 Å². The molecule has 2 aromatic carbocycles. The van der Waals surface area contributed by atoms with E-state index in [1.165, 1.54) is 37.4 Å². The van der Waals surface area contributed by atoms with Gasteiger partial charge in [0.25, 0.3) is 0 Å². The third kappa shape index (κ3) is 4.32. The van der Waals surface area contributed by atoms with Gasteiger partial charge in [0.15, 0.2) is 0 Å². The SMILES string of the molecule is COc1ccc(OC(=O)c2sc(Cc3ccc(F)cc3)nc2C)c([N+](=O)[O-])c1. The molecule has 0 aliphatic heterocycles. The van der Waals surface area contributed by atoms with Crippen LogP contribution in [0.15, 0.2) is 42.5 Å². The summed E-state index contributed by atoms with van der Waals surface area (Å²) in [5.74, 6) is -0.955. The molecule has 0 spiro atoms. The van der Waals surface area contributed by atoms with Gasteiger partial charge < -0.3 is 9.47 Å². The van der Waals surface area contributed by atoms with E-state index in [-0.39, 0.29) is 27.9 Å². The Kier molecular flexibility index (Phi) is 5.65. The number of nitro benzene ring substituents is 1. The zero-order valence-electron chi connectivity index (χ0n) is 15.0. The number of rotatable bonds is 6. The molecule has 0 amide bonds. The van der Waals surface area contributed by atoms with Crippen LogP contribution in [0.4, 0.5) is 10.1 Å². The van der Waals surface area contributed by atoms with Crippen molar-refractivity contribution in [2.75, 3.05) is 7.11 Å². The highest BCUT2D eigenvalue weighted by Gasteiger charge is 2.23. The van der Waals surface area contributed by atoms with Crippen LogP contribution in [-0.2, 0) is 6.42 Å². The minimum Gasteiger partial charge on any atom is -0.496 e. The number of thiazole rings is 1. The summed E-state index contributed by atoms with van der Waals surface area (Å²) in [4.78, 5) is 27.7. The van der Waals surface area contributed by atoms with Gasteiger partial charge in [0.2, 0.25) is 5.75 Å². The number of benzene rings is 2. The third-order valence-electron chi connectivity index (χ3n) is 3.86. The monoisotopic (exact) mass is 402 g/mol. The van der Waals surface area contributed by atoms with E-state index in [2.05, 4.69) is 4.98 Å². The fourth-order valence-corrected chi connectivity index (χ4v) is 3.47. The first kappa shape index (κ1) is 19.4. The third-order valence-corrected chi connectivity index (χ3v) is 5.00. The Balaban J connectivity index is 1.81. The number of halogens is 1. The molecular weight excluding hydrogens is 387 g/mol. The van der Waals surface area contributed by atoms with Gasteiger partial charge in [0.1, 0.15) is 16.4 Å². The maximum atomic E-state index is 13.0. The Bertz CT molecular complexity index is 1030. The summed E-state index contributed by atoms with van der Waals surface area (Å²) in [5.41, 5.74) is 0.936. The van der Waals surface area contributed by atoms with Crippen LogP contribution in [0.2, 0.25) is 0 Å². The summed E-state index contributed by atoms with van der Waals surface area (Å²) in [6, 6.07) is 9.96. The van der Waals surface area contributed by atoms with Crippen molar-refractivity contribution in [2.24, 2.45) is 0 Å². The zero-order valence-corrected chi connectivity index (χ0v) is 15.8. The van der Waals surface area contributed by atoms with Crippen LogP contribution in [0.25, 0.3) is 0 Å². The Labute approximate surface area is 163 Å². The van der Waals surface area contributed by atoms with Gasteiger partial charge in [-0.25, -0.2) is 14.2 Å². The average molecular weight is 402 g/mol. The first-order valence-electron chi connectivity index (χ1n) is 8.12. The Morgan fingerprint density at radius 2 is 1.96 bits per heavy atom. The van der Waals surface area contributed by atoms with E-state index in [4.69, 9.17) is 9.47 Å². The van der Waals surface area contributed by atoms with Crippen LogP contribution >= 0.6 is 11.3 Å². The number of methoxy groups -OCH3 is 1. The lowest BCUT2D eigenvalue weighted by molar-refractivity contribution is -0.385. The molecule has 0 fully saturated rings. The molecule has 1 aromatic heterocycles. The molecule has 9 heteroatoms. The molecule has 0 unspecified atom stereocenters. The van der Waals surface area contributed by atoms with Crippen molar-refractivity contribution >= 4 is 23.0 Å². The summed E-state index contributed by atoms with van der Waals surface area (Å²) in [6.45, 7) is 1.66. The van der Waals surface area contributed by atoms with Gasteiger partial charge in [-0.05, 0) is 36.8 Å². The van der Waals surface area contributed by atoms with Gasteiger partial charge in [-0.1, -0.05) is 12.1 Å². The number of nitrogens with zero attached hydrogens (tertiary/aromatic N) is 2. The van der Waals surface area contributed by atoms with Gasteiger partial charge in [-0.3, -0.25) is 10.1 Å². The highest BCUT2D eigenvalue weighted by Crippen LogP contribution is 2.32. The highest BCUT2D eigenvalue weighted by atomic mass is 32.1. The molecule has 0 saturated heterocycles. The van der Waals surface area contributed by atoms with Crippen molar-refractivity contribution in [3.8, 4) is 11.5 Å². The number of carbonyl (C=O) groups excluding carboxylic acids is 1. The van der Waals surface area contributed by atoms with Crippen molar-refractivity contribution in [1.29, 1.82) is 0 Å². The normalized spacial score (nSPS) is 10.5. The van der Waals surface area contributed by atoms with E-state index >= 15 is 0 Å². The van der Waals surface area contributed by atoms with Gasteiger partial charge in [0, 0.05) is 6.42 Å². The zero-order chi connectivity index (χ0) is 20.3. The standard InChI is InChI=1S/C19H15FN2O5S/c1-11-18(28-17(21-11)9-12-3-5-13(20)6-4-12)19(23)27-16-8-7-14(26-2)10-15(16)22(24)25/h3-8,10H,9H2,1-2H3. The van der Waals surface area contributed by atoms with Crippen molar-refractivity contribution in [2.45, 2.75) is 13.3 Å². The van der Waals surface area contributed by atoms with Gasteiger partial charge >= 0.3 is 11.7 Å². The second-order valence-corrected chi connectivity index (χ2v) is 6.89. The number of aryl methyl sites for hydroxylation is 1. The number of aromatic nitrogens is 1. The van der Waals surface area contributed by atoms with E-state index in [9.17, 15) is 19.3 Å². The van der Waals surface area contributed by atoms with E-state index in [1.54, 1.807) is 19.1 Å². The molecule has 0 N–H and O–H groups in total. The van der Waals surface area contributed by atoms with Gasteiger partial charge in [0.05, 0.1) is 28.8 Å². The summed E-state index contributed by atoms with van der Waals surface area (Å²) in [5, 5.41) is 11.9. The van der Waals surface area contributed by atoms with Crippen molar-refractivity contribution in [3.63, 3.8) is 0 Å². The molecular formula is C19H15FN2O5S. The first-order valence-corrected chi connectivity index (χ1v) is 8.94. The Morgan fingerprint density at radius 3 is 2.61 bits per heavy atom. The minimum atomic E-state index is -0.728. The number of hydrogen-bond donors (Lipinski definition) is 0. The first-order chi connectivity index (χ1) is 13.4. The smallest absolute Gasteiger partial charge is 0.355 e. The number of nitro groups is 1. The van der Waals surface area contributed by atoms with E-state index in [1.807, 2.05) is 0 Å². The van der Waals surface area contributed by atoms with Gasteiger partial charge in [-0.15, -0.1) is 11.3 Å². The predicted molar refractivity (Wildman–Crippen MR) is 101 cm³/mol. The summed E-state index contributed by atoms with van der Waals surface area (Å²) in [6.07, 6.45) is 0.432. The average Bonchev–Trinajstić information content (AvgIpc) is 3.04. The number of esters is 1. The lowest BCUT2D eigenvalue weighted by Gasteiger charge is -2.06. The molecule has 144 valence electrons. The number of hydrogen-bond acceptors (Lipinski definition) is 7. The highest BCUT2D eigenvalue weighted by molar-refractivity contribution is 7.13. The molecule has 0 bridgehead atoms. The molecule has 28 heavy (non-hydrogen) atoms. The van der Waals surface area contributed by atoms with Crippen LogP contribution < -0.4 is 9.47 Å². The molecule has 1 heterocycles. The number of carbonyl (C=O) groups is 1. The second kappa shape index (κ2) is 8.13. The molecule has 7 nitrogen and oxygen atoms in total. The fourth-order valence-electron chi connectivity index (χ4n) is 2.49. The molecule has 3 rings (SSSR count). The lowest BCUT2D eigenvalue weighted by Crippen LogP contribution is -2.09. The van der Waals surface area contributed by atoms with Crippen LogP contribution in [0.3, 0.4) is 0 Å². The maximum Gasteiger partial charge on any atom is 0.355 e. The second-order valence-electron chi connectivity index (χ2n) is 5.81. The molecule has 0 atom stereocenters. The van der Waals surface area contributed by atoms with Gasteiger partial charge in [-0.2, -0.15) is 0 Å². The summed E-state index contributed by atoms with van der Waals surface area (Å²) in [7, 11) is 1.38. The Morgan fingerprint density at radius 1 is 1.25 bits per heavy atom. The molecule has 0 aliphatic rings. The molecule has 3 aromatic rings. The Hall–Kier alpha value is -3.33.